The van der Waals surface area contributed by atoms with E-state index in [2.05, 4.69) is 27.2 Å². The first-order chi connectivity index (χ1) is 10.8. The number of halogens is 1. The van der Waals surface area contributed by atoms with Gasteiger partial charge >= 0.3 is 0 Å². The van der Waals surface area contributed by atoms with Crippen molar-refractivity contribution >= 4 is 32.4 Å². The largest absolute Gasteiger partial charge is 0.487 e. The predicted octanol–water partition coefficient (Wildman–Crippen LogP) is 4.86. The van der Waals surface area contributed by atoms with E-state index in [1.807, 2.05) is 60.7 Å². The van der Waals surface area contributed by atoms with Gasteiger partial charge in [-0.3, -0.25) is 0 Å². The van der Waals surface area contributed by atoms with Gasteiger partial charge in [0, 0.05) is 10.0 Å². The number of fused-ring (bicyclic) bond motifs is 1. The van der Waals surface area contributed by atoms with Crippen LogP contribution in [0.15, 0.2) is 76.4 Å². The van der Waals surface area contributed by atoms with Crippen molar-refractivity contribution in [2.45, 2.75) is 0 Å². The number of ether oxygens (including phenoxy) is 1. The normalized spacial score (nSPS) is 11.6. The van der Waals surface area contributed by atoms with Gasteiger partial charge in [-0.25, -0.2) is 0 Å². The van der Waals surface area contributed by atoms with E-state index >= 15 is 0 Å². The highest BCUT2D eigenvalue weighted by Crippen LogP contribution is 2.21. The Bertz CT molecular complexity index is 813. The van der Waals surface area contributed by atoms with Crippen LogP contribution in [-0.4, -0.2) is 17.5 Å². The first-order valence-corrected chi connectivity index (χ1v) is 7.64. The molecule has 0 amide bonds. The number of nitrogens with zero attached hydrogens (tertiary/aromatic N) is 1. The smallest absolute Gasteiger partial charge is 0.134 e. The molecule has 3 aromatic rings. The highest BCUT2D eigenvalue weighted by molar-refractivity contribution is 9.10. The Morgan fingerprint density at radius 2 is 1.68 bits per heavy atom. The zero-order valence-corrected chi connectivity index (χ0v) is 13.3. The Labute approximate surface area is 137 Å². The maximum absolute atomic E-state index is 9.19. The van der Waals surface area contributed by atoms with Crippen LogP contribution in [0.5, 0.6) is 5.75 Å². The summed E-state index contributed by atoms with van der Waals surface area (Å²) in [6.07, 6.45) is 0. The molecule has 0 atom stereocenters. The van der Waals surface area contributed by atoms with Crippen LogP contribution >= 0.6 is 15.9 Å². The lowest BCUT2D eigenvalue weighted by molar-refractivity contribution is 0.308. The number of oxime groups is 1. The third-order valence-electron chi connectivity index (χ3n) is 3.39. The summed E-state index contributed by atoms with van der Waals surface area (Å²) in [5, 5.41) is 14.8. The van der Waals surface area contributed by atoms with Crippen molar-refractivity contribution in [1.82, 2.24) is 0 Å². The molecule has 0 unspecified atom stereocenters. The minimum Gasteiger partial charge on any atom is -0.487 e. The van der Waals surface area contributed by atoms with Gasteiger partial charge in [0.2, 0.25) is 0 Å². The van der Waals surface area contributed by atoms with Crippen molar-refractivity contribution in [3.05, 3.63) is 76.8 Å². The summed E-state index contributed by atoms with van der Waals surface area (Å²) in [5.74, 6) is 0.747. The zero-order valence-electron chi connectivity index (χ0n) is 11.7. The van der Waals surface area contributed by atoms with E-state index in [0.717, 1.165) is 21.2 Å². The molecule has 22 heavy (non-hydrogen) atoms. The van der Waals surface area contributed by atoms with Gasteiger partial charge in [0.15, 0.2) is 0 Å². The van der Waals surface area contributed by atoms with Gasteiger partial charge in [-0.1, -0.05) is 63.6 Å². The second kappa shape index (κ2) is 6.62. The van der Waals surface area contributed by atoms with E-state index in [9.17, 15) is 5.21 Å². The molecule has 0 aromatic heterocycles. The molecular weight excluding hydrogens is 342 g/mol. The van der Waals surface area contributed by atoms with Crippen LogP contribution in [0, 0.1) is 0 Å². The summed E-state index contributed by atoms with van der Waals surface area (Å²) in [6.45, 7) is 0.205. The Balaban J connectivity index is 1.75. The van der Waals surface area contributed by atoms with Crippen LogP contribution in [0.3, 0.4) is 0 Å². The molecule has 0 radical (unpaired) electrons. The second-order valence-corrected chi connectivity index (χ2v) is 5.77. The van der Waals surface area contributed by atoms with Crippen molar-refractivity contribution < 1.29 is 9.94 Å². The topological polar surface area (TPSA) is 41.8 Å². The third-order valence-corrected chi connectivity index (χ3v) is 3.92. The molecule has 0 saturated carbocycles. The van der Waals surface area contributed by atoms with Crippen LogP contribution in [0.25, 0.3) is 10.8 Å². The number of benzene rings is 3. The maximum atomic E-state index is 9.19. The number of rotatable bonds is 4. The van der Waals surface area contributed by atoms with E-state index in [-0.39, 0.29) is 6.61 Å². The maximum Gasteiger partial charge on any atom is 0.134 e. The molecule has 0 spiro atoms. The van der Waals surface area contributed by atoms with E-state index < -0.39 is 0 Å². The molecule has 3 rings (SSSR count). The van der Waals surface area contributed by atoms with Gasteiger partial charge in [0.05, 0.1) is 0 Å². The molecule has 0 aliphatic rings. The van der Waals surface area contributed by atoms with Crippen LogP contribution in [-0.2, 0) is 0 Å². The zero-order chi connectivity index (χ0) is 15.4. The fourth-order valence-corrected chi connectivity index (χ4v) is 2.49. The molecule has 0 heterocycles. The highest BCUT2D eigenvalue weighted by atomic mass is 79.9. The fraction of sp³-hybridized carbons (Fsp3) is 0.0556. The Hall–Kier alpha value is -2.33. The molecule has 1 N–H and O–H groups in total. The van der Waals surface area contributed by atoms with Crippen molar-refractivity contribution in [3.8, 4) is 5.75 Å². The van der Waals surface area contributed by atoms with Gasteiger partial charge in [0.1, 0.15) is 18.1 Å². The first kappa shape index (κ1) is 14.6. The molecule has 110 valence electrons. The summed E-state index contributed by atoms with van der Waals surface area (Å²) < 4.78 is 6.73. The molecule has 0 saturated heterocycles. The van der Waals surface area contributed by atoms with Gasteiger partial charge in [-0.15, -0.1) is 0 Å². The van der Waals surface area contributed by atoms with Crippen molar-refractivity contribution in [2.75, 3.05) is 6.61 Å². The lowest BCUT2D eigenvalue weighted by atomic mass is 10.1. The van der Waals surface area contributed by atoms with Crippen molar-refractivity contribution in [3.63, 3.8) is 0 Å². The van der Waals surface area contributed by atoms with Crippen molar-refractivity contribution in [1.29, 1.82) is 0 Å². The standard InChI is InChI=1S/C18H14BrNO2/c19-16-8-5-14(6-9-16)18(20-21)12-22-17-10-7-13-3-1-2-4-15(13)11-17/h1-11,21H,12H2/b20-18+. The second-order valence-electron chi connectivity index (χ2n) is 4.85. The molecule has 4 heteroatoms. The highest BCUT2D eigenvalue weighted by Gasteiger charge is 2.06. The predicted molar refractivity (Wildman–Crippen MR) is 91.9 cm³/mol. The number of hydrogen-bond donors (Lipinski definition) is 1. The molecule has 0 aliphatic carbocycles. The van der Waals surface area contributed by atoms with Crippen LogP contribution in [0.2, 0.25) is 0 Å². The summed E-state index contributed by atoms with van der Waals surface area (Å²) in [4.78, 5) is 0. The quantitative estimate of drug-likeness (QED) is 0.412. The summed E-state index contributed by atoms with van der Waals surface area (Å²) >= 11 is 3.38. The Morgan fingerprint density at radius 3 is 2.41 bits per heavy atom. The fourth-order valence-electron chi connectivity index (χ4n) is 2.22. The lowest BCUT2D eigenvalue weighted by Crippen LogP contribution is -2.13. The van der Waals surface area contributed by atoms with Gasteiger partial charge < -0.3 is 9.94 Å². The molecule has 3 nitrogen and oxygen atoms in total. The Morgan fingerprint density at radius 1 is 0.955 bits per heavy atom. The van der Waals surface area contributed by atoms with Crippen molar-refractivity contribution in [2.24, 2.45) is 5.16 Å². The molecule has 0 bridgehead atoms. The van der Waals surface area contributed by atoms with Crippen LogP contribution in [0.1, 0.15) is 5.56 Å². The summed E-state index contributed by atoms with van der Waals surface area (Å²) in [7, 11) is 0. The van der Waals surface area contributed by atoms with Gasteiger partial charge in [0.25, 0.3) is 0 Å². The molecule has 0 fully saturated rings. The average molecular weight is 356 g/mol. The summed E-state index contributed by atoms with van der Waals surface area (Å²) in [5.41, 5.74) is 1.31. The minimum atomic E-state index is 0.205. The minimum absolute atomic E-state index is 0.205. The van der Waals surface area contributed by atoms with Crippen LogP contribution in [0.4, 0.5) is 0 Å². The first-order valence-electron chi connectivity index (χ1n) is 6.85. The Kier molecular flexibility index (Phi) is 4.39. The average Bonchev–Trinajstić information content (AvgIpc) is 2.57. The van der Waals surface area contributed by atoms with E-state index in [1.165, 1.54) is 5.39 Å². The molecular formula is C18H14BrNO2. The van der Waals surface area contributed by atoms with Gasteiger partial charge in [-0.05, 0) is 35.0 Å². The monoisotopic (exact) mass is 355 g/mol. The van der Waals surface area contributed by atoms with E-state index in [0.29, 0.717) is 5.71 Å². The number of hydrogen-bond acceptors (Lipinski definition) is 3. The SMILES string of the molecule is O/N=C(\COc1ccc2ccccc2c1)c1ccc(Br)cc1. The lowest BCUT2D eigenvalue weighted by Gasteiger charge is -2.09. The summed E-state index contributed by atoms with van der Waals surface area (Å²) in [6, 6.07) is 21.6. The molecule has 0 aliphatic heterocycles. The van der Waals surface area contributed by atoms with Crippen LogP contribution < -0.4 is 4.74 Å². The van der Waals surface area contributed by atoms with E-state index in [4.69, 9.17) is 4.74 Å². The molecule has 3 aromatic carbocycles. The van der Waals surface area contributed by atoms with E-state index in [1.54, 1.807) is 0 Å². The van der Waals surface area contributed by atoms with Gasteiger partial charge in [-0.2, -0.15) is 0 Å². The third kappa shape index (κ3) is 3.28.